The van der Waals surface area contributed by atoms with Crippen molar-refractivity contribution in [3.05, 3.63) is 82.4 Å². The molecule has 3 aromatic rings. The van der Waals surface area contributed by atoms with Gasteiger partial charge in [-0.1, -0.05) is 58.4 Å². The maximum atomic E-state index is 13.2. The molecule has 210 valence electrons. The molecule has 0 amide bonds. The highest BCUT2D eigenvalue weighted by atomic mass is 32.2. The third kappa shape index (κ3) is 7.41. The molecule has 0 aliphatic carbocycles. The Labute approximate surface area is 235 Å². The van der Waals surface area contributed by atoms with E-state index < -0.39 is 17.0 Å². The van der Waals surface area contributed by atoms with Gasteiger partial charge in [-0.15, -0.1) is 0 Å². The summed E-state index contributed by atoms with van der Waals surface area (Å²) in [5.74, 6) is 1.57. The SMILES string of the molecule is CCCc1cc(OC)c(C(=O)OC)cc1C(C)Cc1ccc(OC)c(OS(=O)c2ccccc2)c1CC(C)C. The monoisotopic (exact) mass is 552 g/mol. The number of aryl methyl sites for hydroxylation is 1. The minimum Gasteiger partial charge on any atom is -0.496 e. The molecule has 39 heavy (non-hydrogen) atoms. The second-order valence-electron chi connectivity index (χ2n) is 10.1. The summed E-state index contributed by atoms with van der Waals surface area (Å²) < 4.78 is 35.5. The van der Waals surface area contributed by atoms with Crippen LogP contribution in [-0.4, -0.2) is 31.5 Å². The van der Waals surface area contributed by atoms with Gasteiger partial charge >= 0.3 is 5.97 Å². The summed E-state index contributed by atoms with van der Waals surface area (Å²) in [6.07, 6.45) is 3.26. The van der Waals surface area contributed by atoms with Gasteiger partial charge in [0.15, 0.2) is 11.5 Å². The van der Waals surface area contributed by atoms with Crippen molar-refractivity contribution in [1.29, 1.82) is 0 Å². The van der Waals surface area contributed by atoms with Gasteiger partial charge in [0.2, 0.25) is 11.1 Å². The Morgan fingerprint density at radius 2 is 1.56 bits per heavy atom. The second-order valence-corrected chi connectivity index (χ2v) is 11.2. The minimum absolute atomic E-state index is 0.0765. The maximum absolute atomic E-state index is 13.2. The number of carbonyl (C=O) groups excluding carboxylic acids is 1. The summed E-state index contributed by atoms with van der Waals surface area (Å²) in [6.45, 7) is 8.59. The van der Waals surface area contributed by atoms with Gasteiger partial charge in [0.25, 0.3) is 0 Å². The smallest absolute Gasteiger partial charge is 0.341 e. The molecule has 0 fully saturated rings. The van der Waals surface area contributed by atoms with E-state index in [1.807, 2.05) is 36.4 Å². The van der Waals surface area contributed by atoms with Gasteiger partial charge in [0, 0.05) is 5.56 Å². The van der Waals surface area contributed by atoms with E-state index in [-0.39, 0.29) is 5.92 Å². The molecular weight excluding hydrogens is 512 g/mol. The molecule has 7 heteroatoms. The maximum Gasteiger partial charge on any atom is 0.341 e. The summed E-state index contributed by atoms with van der Waals surface area (Å²) in [7, 11) is 4.54. The van der Waals surface area contributed by atoms with Crippen molar-refractivity contribution in [2.24, 2.45) is 5.92 Å². The lowest BCUT2D eigenvalue weighted by atomic mass is 9.84. The lowest BCUT2D eigenvalue weighted by Crippen LogP contribution is -2.12. The number of ether oxygens (including phenoxy) is 3. The molecule has 0 aromatic heterocycles. The molecule has 0 aliphatic rings. The highest BCUT2D eigenvalue weighted by Crippen LogP contribution is 2.39. The van der Waals surface area contributed by atoms with E-state index in [2.05, 4.69) is 33.8 Å². The Kier molecular flexibility index (Phi) is 11.0. The first-order chi connectivity index (χ1) is 18.7. The Morgan fingerprint density at radius 1 is 0.872 bits per heavy atom. The van der Waals surface area contributed by atoms with Gasteiger partial charge in [0.1, 0.15) is 11.3 Å². The van der Waals surface area contributed by atoms with E-state index >= 15 is 0 Å². The first kappa shape index (κ1) is 30.2. The van der Waals surface area contributed by atoms with E-state index in [1.54, 1.807) is 26.4 Å². The van der Waals surface area contributed by atoms with Crippen molar-refractivity contribution in [2.45, 2.75) is 64.2 Å². The quantitative estimate of drug-likeness (QED) is 0.211. The number of esters is 1. The average molecular weight is 553 g/mol. The molecule has 0 saturated carbocycles. The van der Waals surface area contributed by atoms with Crippen LogP contribution in [0.2, 0.25) is 0 Å². The van der Waals surface area contributed by atoms with Crippen LogP contribution in [0.4, 0.5) is 0 Å². The summed E-state index contributed by atoms with van der Waals surface area (Å²) >= 11 is -1.69. The molecular formula is C32H40O6S. The summed E-state index contributed by atoms with van der Waals surface area (Å²) in [5.41, 5.74) is 4.73. The molecule has 0 heterocycles. The number of rotatable bonds is 13. The van der Waals surface area contributed by atoms with E-state index in [4.69, 9.17) is 18.4 Å². The van der Waals surface area contributed by atoms with Crippen LogP contribution in [0.1, 0.15) is 72.6 Å². The molecule has 0 spiro atoms. The zero-order valence-electron chi connectivity index (χ0n) is 24.0. The van der Waals surface area contributed by atoms with Crippen LogP contribution in [0.3, 0.4) is 0 Å². The lowest BCUT2D eigenvalue weighted by Gasteiger charge is -2.23. The van der Waals surface area contributed by atoms with Crippen LogP contribution < -0.4 is 13.7 Å². The molecule has 2 unspecified atom stereocenters. The summed E-state index contributed by atoms with van der Waals surface area (Å²) in [4.78, 5) is 13.1. The topological polar surface area (TPSA) is 71.1 Å². The number of hydrogen-bond acceptors (Lipinski definition) is 6. The molecule has 0 N–H and O–H groups in total. The molecule has 0 saturated heterocycles. The molecule has 2 atom stereocenters. The Balaban J connectivity index is 2.08. The zero-order valence-corrected chi connectivity index (χ0v) is 24.9. The van der Waals surface area contributed by atoms with Crippen LogP contribution in [-0.2, 0) is 35.1 Å². The van der Waals surface area contributed by atoms with E-state index in [1.165, 1.54) is 7.11 Å². The van der Waals surface area contributed by atoms with Crippen molar-refractivity contribution >= 4 is 17.0 Å². The molecule has 0 bridgehead atoms. The van der Waals surface area contributed by atoms with Crippen LogP contribution >= 0.6 is 0 Å². The van der Waals surface area contributed by atoms with Gasteiger partial charge in [-0.05, 0) is 78.1 Å². The van der Waals surface area contributed by atoms with E-state index in [9.17, 15) is 9.00 Å². The molecule has 0 radical (unpaired) electrons. The Bertz CT molecular complexity index is 1290. The van der Waals surface area contributed by atoms with Gasteiger partial charge in [-0.25, -0.2) is 9.00 Å². The predicted octanol–water partition coefficient (Wildman–Crippen LogP) is 7.09. The molecule has 6 nitrogen and oxygen atoms in total. The fourth-order valence-corrected chi connectivity index (χ4v) is 5.65. The number of carbonyl (C=O) groups is 1. The van der Waals surface area contributed by atoms with Crippen molar-refractivity contribution in [2.75, 3.05) is 21.3 Å². The van der Waals surface area contributed by atoms with E-state index in [0.29, 0.717) is 40.0 Å². The molecule has 3 rings (SSSR count). The standard InChI is InChI=1S/C32H40O6S/c1-8-12-23-19-30(36-6)28(32(33)37-7)20-26(23)22(4)18-24-15-16-29(35-5)31(27(24)17-21(2)3)38-39(34)25-13-10-9-11-14-25/h9-11,13-16,19-22H,8,12,17-18H2,1-7H3. The minimum atomic E-state index is -1.69. The van der Waals surface area contributed by atoms with Gasteiger partial charge in [-0.2, -0.15) is 0 Å². The van der Waals surface area contributed by atoms with Crippen LogP contribution in [0.15, 0.2) is 59.5 Å². The average Bonchev–Trinajstić information content (AvgIpc) is 2.94. The van der Waals surface area contributed by atoms with Crippen molar-refractivity contribution in [1.82, 2.24) is 0 Å². The zero-order chi connectivity index (χ0) is 28.5. The summed E-state index contributed by atoms with van der Waals surface area (Å²) in [5, 5.41) is 0. The Hall–Kier alpha value is -3.32. The number of methoxy groups -OCH3 is 3. The molecule has 3 aromatic carbocycles. The largest absolute Gasteiger partial charge is 0.496 e. The fraction of sp³-hybridized carbons (Fsp3) is 0.406. The third-order valence-electron chi connectivity index (χ3n) is 6.69. The normalized spacial score (nSPS) is 12.6. The third-order valence-corrected chi connectivity index (χ3v) is 7.67. The highest BCUT2D eigenvalue weighted by molar-refractivity contribution is 7.80. The van der Waals surface area contributed by atoms with Crippen molar-refractivity contribution < 1.29 is 27.4 Å². The Morgan fingerprint density at radius 3 is 2.15 bits per heavy atom. The highest BCUT2D eigenvalue weighted by Gasteiger charge is 2.24. The van der Waals surface area contributed by atoms with Crippen molar-refractivity contribution in [3.63, 3.8) is 0 Å². The second kappa shape index (κ2) is 14.2. The number of hydrogen-bond donors (Lipinski definition) is 0. The summed E-state index contributed by atoms with van der Waals surface area (Å²) in [6, 6.07) is 16.9. The molecule has 0 aliphatic heterocycles. The fourth-order valence-electron chi connectivity index (χ4n) is 4.84. The van der Waals surface area contributed by atoms with Gasteiger partial charge < -0.3 is 18.4 Å². The predicted molar refractivity (Wildman–Crippen MR) is 155 cm³/mol. The van der Waals surface area contributed by atoms with Crippen LogP contribution in [0.5, 0.6) is 17.2 Å². The van der Waals surface area contributed by atoms with Crippen LogP contribution in [0.25, 0.3) is 0 Å². The lowest BCUT2D eigenvalue weighted by molar-refractivity contribution is 0.0597. The van der Waals surface area contributed by atoms with Crippen molar-refractivity contribution in [3.8, 4) is 17.2 Å². The first-order valence-corrected chi connectivity index (χ1v) is 14.4. The van der Waals surface area contributed by atoms with Gasteiger partial charge in [-0.3, -0.25) is 0 Å². The van der Waals surface area contributed by atoms with Crippen LogP contribution in [0, 0.1) is 5.92 Å². The first-order valence-electron chi connectivity index (χ1n) is 13.4. The van der Waals surface area contributed by atoms with E-state index in [0.717, 1.165) is 41.5 Å². The van der Waals surface area contributed by atoms with Gasteiger partial charge in [0.05, 0.1) is 26.2 Å². The number of benzene rings is 3.